The predicted octanol–water partition coefficient (Wildman–Crippen LogP) is 3.78. The maximum atomic E-state index is 13.2. The summed E-state index contributed by atoms with van der Waals surface area (Å²) in [5.74, 6) is -0.421. The highest BCUT2D eigenvalue weighted by Crippen LogP contribution is 2.29. The zero-order valence-corrected chi connectivity index (χ0v) is 19.7. The third-order valence-electron chi connectivity index (χ3n) is 5.79. The van der Waals surface area contributed by atoms with E-state index in [0.29, 0.717) is 24.0 Å². The molecule has 1 aliphatic heterocycles. The molecule has 2 aromatic carbocycles. The largest absolute Gasteiger partial charge is 0.341 e. The summed E-state index contributed by atoms with van der Waals surface area (Å²) in [5.41, 5.74) is 1.35. The number of nitrogens with zero attached hydrogens (tertiary/aromatic N) is 1. The van der Waals surface area contributed by atoms with Crippen LogP contribution in [0.3, 0.4) is 0 Å². The van der Waals surface area contributed by atoms with Gasteiger partial charge in [-0.15, -0.1) is 0 Å². The Hall–Kier alpha value is -2.42. The average molecular weight is 494 g/mol. The highest BCUT2D eigenvalue weighted by Gasteiger charge is 2.32. The number of sulfonamides is 1. The molecule has 180 valence electrons. The fraction of sp³-hybridized carbons (Fsp3) is 0.417. The quantitative estimate of drug-likeness (QED) is 0.637. The third kappa shape index (κ3) is 6.79. The van der Waals surface area contributed by atoms with E-state index in [1.807, 2.05) is 38.1 Å². The first-order chi connectivity index (χ1) is 15.1. The fourth-order valence-electron chi connectivity index (χ4n) is 3.92. The van der Waals surface area contributed by atoms with Crippen molar-refractivity contribution in [2.75, 3.05) is 13.1 Å². The van der Waals surface area contributed by atoms with Gasteiger partial charge in [-0.2, -0.15) is 0 Å². The van der Waals surface area contributed by atoms with Crippen LogP contribution in [0.25, 0.3) is 0 Å². The standard InChI is InChI=1S/C23H28ClN3O4S.CH4/c1-15(2)21(26-22(28)18-4-3-5-20(14-18)32(25,30)31)23(29)27-12-10-17(11-13-27)16-6-8-19(24)9-7-16;/h3-9,14-15,17,21H,10-13H2,1-2H3,(H,26,28)(H2,25,30,31);1H4/t21-;/m1./s1. The first kappa shape index (κ1) is 26.8. The molecular formula is C24H32ClN3O4S. The van der Waals surface area contributed by atoms with Crippen LogP contribution in [-0.4, -0.2) is 44.3 Å². The van der Waals surface area contributed by atoms with Crippen molar-refractivity contribution in [3.63, 3.8) is 0 Å². The van der Waals surface area contributed by atoms with Crippen LogP contribution in [0.5, 0.6) is 0 Å². The summed E-state index contributed by atoms with van der Waals surface area (Å²) in [5, 5.41) is 8.63. The van der Waals surface area contributed by atoms with Crippen molar-refractivity contribution in [3.8, 4) is 0 Å². The molecule has 3 rings (SSSR count). The number of rotatable bonds is 6. The number of halogens is 1. The first-order valence-corrected chi connectivity index (χ1v) is 12.5. The normalized spacial score (nSPS) is 15.6. The molecule has 1 heterocycles. The van der Waals surface area contributed by atoms with E-state index in [1.165, 1.54) is 29.8 Å². The minimum Gasteiger partial charge on any atom is -0.341 e. The zero-order chi connectivity index (χ0) is 23.5. The van der Waals surface area contributed by atoms with Gasteiger partial charge in [-0.05, 0) is 60.6 Å². The van der Waals surface area contributed by atoms with E-state index >= 15 is 0 Å². The molecule has 1 aliphatic rings. The number of amides is 2. The number of nitrogens with one attached hydrogen (secondary N) is 1. The van der Waals surface area contributed by atoms with Gasteiger partial charge in [0, 0.05) is 23.7 Å². The SMILES string of the molecule is C.CC(C)[C@@H](NC(=O)c1cccc(S(N)(=O)=O)c1)C(=O)N1CCC(c2ccc(Cl)cc2)CC1. The molecule has 2 amide bonds. The second-order valence-electron chi connectivity index (χ2n) is 8.42. The van der Waals surface area contributed by atoms with Crippen molar-refractivity contribution in [3.05, 3.63) is 64.7 Å². The minimum absolute atomic E-state index is 0. The van der Waals surface area contributed by atoms with Crippen LogP contribution in [-0.2, 0) is 14.8 Å². The molecule has 1 saturated heterocycles. The van der Waals surface area contributed by atoms with Crippen LogP contribution in [0, 0.1) is 5.92 Å². The lowest BCUT2D eigenvalue weighted by molar-refractivity contribution is -0.135. The summed E-state index contributed by atoms with van der Waals surface area (Å²) in [4.78, 5) is 27.6. The number of carbonyl (C=O) groups excluding carboxylic acids is 2. The molecule has 0 bridgehead atoms. The number of primary sulfonamides is 1. The van der Waals surface area contributed by atoms with Crippen LogP contribution in [0.4, 0.5) is 0 Å². The Morgan fingerprint density at radius 1 is 1.09 bits per heavy atom. The van der Waals surface area contributed by atoms with Gasteiger partial charge in [-0.3, -0.25) is 9.59 Å². The Labute approximate surface area is 201 Å². The van der Waals surface area contributed by atoms with Crippen LogP contribution in [0.15, 0.2) is 53.4 Å². The molecule has 7 nitrogen and oxygen atoms in total. The van der Waals surface area contributed by atoms with E-state index in [1.54, 1.807) is 4.90 Å². The fourth-order valence-corrected chi connectivity index (χ4v) is 4.60. The van der Waals surface area contributed by atoms with Gasteiger partial charge in [0.15, 0.2) is 0 Å². The van der Waals surface area contributed by atoms with Crippen LogP contribution >= 0.6 is 11.6 Å². The second kappa shape index (κ2) is 11.1. The summed E-state index contributed by atoms with van der Waals surface area (Å²) in [6.45, 7) is 4.94. The van der Waals surface area contributed by atoms with E-state index in [4.69, 9.17) is 16.7 Å². The van der Waals surface area contributed by atoms with E-state index in [9.17, 15) is 18.0 Å². The maximum Gasteiger partial charge on any atom is 0.251 e. The molecule has 0 spiro atoms. The van der Waals surface area contributed by atoms with Gasteiger partial charge >= 0.3 is 0 Å². The number of piperidine rings is 1. The molecular weight excluding hydrogens is 462 g/mol. The minimum atomic E-state index is -3.93. The maximum absolute atomic E-state index is 13.2. The summed E-state index contributed by atoms with van der Waals surface area (Å²) >= 11 is 5.97. The summed E-state index contributed by atoms with van der Waals surface area (Å²) in [6.07, 6.45) is 1.67. The van der Waals surface area contributed by atoms with Crippen LogP contribution in [0.1, 0.15) is 56.0 Å². The molecule has 33 heavy (non-hydrogen) atoms. The smallest absolute Gasteiger partial charge is 0.251 e. The Morgan fingerprint density at radius 2 is 1.70 bits per heavy atom. The van der Waals surface area contributed by atoms with Crippen molar-refractivity contribution in [2.45, 2.75) is 51.0 Å². The van der Waals surface area contributed by atoms with E-state index < -0.39 is 22.0 Å². The van der Waals surface area contributed by atoms with Crippen molar-refractivity contribution < 1.29 is 18.0 Å². The van der Waals surface area contributed by atoms with Gasteiger partial charge < -0.3 is 10.2 Å². The van der Waals surface area contributed by atoms with Gasteiger partial charge in [0.25, 0.3) is 5.91 Å². The van der Waals surface area contributed by atoms with Crippen molar-refractivity contribution in [2.24, 2.45) is 11.1 Å². The lowest BCUT2D eigenvalue weighted by atomic mass is 9.89. The Morgan fingerprint density at radius 3 is 2.24 bits per heavy atom. The summed E-state index contributed by atoms with van der Waals surface area (Å²) in [6, 6.07) is 12.6. The monoisotopic (exact) mass is 493 g/mol. The molecule has 0 aromatic heterocycles. The summed E-state index contributed by atoms with van der Waals surface area (Å²) < 4.78 is 23.2. The average Bonchev–Trinajstić information content (AvgIpc) is 2.77. The Balaban J connectivity index is 0.00000385. The van der Waals surface area contributed by atoms with Gasteiger partial charge in [-0.1, -0.05) is 51.1 Å². The highest BCUT2D eigenvalue weighted by atomic mass is 35.5. The highest BCUT2D eigenvalue weighted by molar-refractivity contribution is 7.89. The van der Waals surface area contributed by atoms with Crippen LogP contribution < -0.4 is 10.5 Å². The summed E-state index contributed by atoms with van der Waals surface area (Å²) in [7, 11) is -3.93. The van der Waals surface area contributed by atoms with Crippen molar-refractivity contribution in [1.29, 1.82) is 0 Å². The number of hydrogen-bond donors (Lipinski definition) is 2. The zero-order valence-electron chi connectivity index (χ0n) is 18.1. The van der Waals surface area contributed by atoms with Crippen LogP contribution in [0.2, 0.25) is 5.02 Å². The molecule has 2 aromatic rings. The van der Waals surface area contributed by atoms with E-state index in [2.05, 4.69) is 5.32 Å². The topological polar surface area (TPSA) is 110 Å². The number of nitrogens with two attached hydrogens (primary N) is 1. The van der Waals surface area contributed by atoms with Gasteiger partial charge in [0.1, 0.15) is 6.04 Å². The lowest BCUT2D eigenvalue weighted by Crippen LogP contribution is -2.52. The lowest BCUT2D eigenvalue weighted by Gasteiger charge is -2.35. The van der Waals surface area contributed by atoms with E-state index in [0.717, 1.165) is 12.8 Å². The molecule has 0 radical (unpaired) electrons. The second-order valence-corrected chi connectivity index (χ2v) is 10.4. The van der Waals surface area contributed by atoms with Gasteiger partial charge in [0.2, 0.25) is 15.9 Å². The van der Waals surface area contributed by atoms with Crippen molar-refractivity contribution >= 4 is 33.4 Å². The molecule has 3 N–H and O–H groups in total. The molecule has 0 saturated carbocycles. The van der Waals surface area contributed by atoms with E-state index in [-0.39, 0.29) is 29.7 Å². The number of carbonyl (C=O) groups is 2. The predicted molar refractivity (Wildman–Crippen MR) is 131 cm³/mol. The van der Waals surface area contributed by atoms with Crippen molar-refractivity contribution in [1.82, 2.24) is 10.2 Å². The van der Waals surface area contributed by atoms with Gasteiger partial charge in [-0.25, -0.2) is 13.6 Å². The number of likely N-dealkylation sites (tertiary alicyclic amines) is 1. The Kier molecular flexibility index (Phi) is 9.05. The Bertz CT molecular complexity index is 1080. The molecule has 0 unspecified atom stereocenters. The molecule has 0 aliphatic carbocycles. The van der Waals surface area contributed by atoms with Gasteiger partial charge in [0.05, 0.1) is 4.90 Å². The first-order valence-electron chi connectivity index (χ1n) is 10.5. The number of benzene rings is 2. The molecule has 1 atom stereocenters. The molecule has 9 heteroatoms. The molecule has 1 fully saturated rings. The number of hydrogen-bond acceptors (Lipinski definition) is 4. The third-order valence-corrected chi connectivity index (χ3v) is 6.96.